The molecule has 0 aliphatic heterocycles. The summed E-state index contributed by atoms with van der Waals surface area (Å²) in [5, 5.41) is 0. The molecule has 1 aromatic rings. The monoisotopic (exact) mass is 412 g/mol. The lowest BCUT2D eigenvalue weighted by Crippen LogP contribution is -2.12. The number of esters is 2. The lowest BCUT2D eigenvalue weighted by Gasteiger charge is -2.08. The molecule has 1 atom stereocenters. The molecule has 4 nitrogen and oxygen atoms in total. The number of methoxy groups -OCH3 is 1. The van der Waals surface area contributed by atoms with E-state index in [2.05, 4.69) is 29.0 Å². The third kappa shape index (κ3) is 13.5. The molecule has 0 heterocycles. The zero-order valence-electron chi connectivity index (χ0n) is 18.4. The zero-order chi connectivity index (χ0) is 21.9. The Morgan fingerprint density at radius 3 is 2.23 bits per heavy atom. The highest BCUT2D eigenvalue weighted by Crippen LogP contribution is 2.08. The zero-order valence-corrected chi connectivity index (χ0v) is 18.4. The molecule has 164 valence electrons. The number of hydrogen-bond donors (Lipinski definition) is 0. The number of unbranched alkanes of at least 4 members (excludes halogenated alkanes) is 5. The van der Waals surface area contributed by atoms with Crippen molar-refractivity contribution in [2.24, 2.45) is 0 Å². The molecule has 0 fully saturated rings. The molecule has 0 N–H and O–H groups in total. The van der Waals surface area contributed by atoms with Crippen molar-refractivity contribution in [1.29, 1.82) is 0 Å². The normalized spacial score (nSPS) is 12.6. The summed E-state index contributed by atoms with van der Waals surface area (Å²) >= 11 is 0. The van der Waals surface area contributed by atoms with Gasteiger partial charge in [-0.05, 0) is 57.2 Å². The molecule has 4 heteroatoms. The molecule has 0 amide bonds. The van der Waals surface area contributed by atoms with Crippen LogP contribution in [0.1, 0.15) is 75.1 Å². The maximum absolute atomic E-state index is 11.9. The van der Waals surface area contributed by atoms with Crippen LogP contribution in [0.2, 0.25) is 0 Å². The molecule has 0 radical (unpaired) electrons. The number of carbonyl (C=O) groups is 2. The predicted molar refractivity (Wildman–Crippen MR) is 122 cm³/mol. The average Bonchev–Trinajstić information content (AvgIpc) is 2.76. The molecule has 1 unspecified atom stereocenters. The van der Waals surface area contributed by atoms with Crippen molar-refractivity contribution in [3.8, 4) is 0 Å². The van der Waals surface area contributed by atoms with Gasteiger partial charge in [-0.25, -0.2) is 4.79 Å². The molecule has 0 aliphatic rings. The van der Waals surface area contributed by atoms with E-state index in [1.807, 2.05) is 37.3 Å². The highest BCUT2D eigenvalue weighted by molar-refractivity contribution is 5.89. The fraction of sp³-hybridized carbons (Fsp3) is 0.462. The van der Waals surface area contributed by atoms with Gasteiger partial charge in [0.05, 0.1) is 12.7 Å². The first-order valence-electron chi connectivity index (χ1n) is 10.9. The van der Waals surface area contributed by atoms with Crippen molar-refractivity contribution >= 4 is 11.9 Å². The number of allylic oxidation sites excluding steroid dienone is 5. The SMILES string of the molecule is COC(=O)CCCCCCC/C=C\C/C=C\C/C=C\C(C)OC(=O)c1ccccc1. The minimum Gasteiger partial charge on any atom is -0.469 e. The number of carbonyl (C=O) groups excluding carboxylic acids is 2. The third-order valence-corrected chi connectivity index (χ3v) is 4.57. The van der Waals surface area contributed by atoms with E-state index >= 15 is 0 Å². The first kappa shape index (κ1) is 25.4. The molecule has 0 saturated carbocycles. The van der Waals surface area contributed by atoms with E-state index in [9.17, 15) is 9.59 Å². The first-order chi connectivity index (χ1) is 14.6. The second-order valence-electron chi connectivity index (χ2n) is 7.20. The minimum atomic E-state index is -0.297. The van der Waals surface area contributed by atoms with E-state index in [4.69, 9.17) is 4.74 Å². The Morgan fingerprint density at radius 2 is 1.50 bits per heavy atom. The number of rotatable bonds is 15. The number of hydrogen-bond acceptors (Lipinski definition) is 4. The largest absolute Gasteiger partial charge is 0.469 e. The van der Waals surface area contributed by atoms with Gasteiger partial charge in [0.15, 0.2) is 0 Å². The van der Waals surface area contributed by atoms with Gasteiger partial charge < -0.3 is 9.47 Å². The second kappa shape index (κ2) is 17.3. The van der Waals surface area contributed by atoms with Crippen LogP contribution >= 0.6 is 0 Å². The van der Waals surface area contributed by atoms with Gasteiger partial charge in [-0.1, -0.05) is 67.8 Å². The summed E-state index contributed by atoms with van der Waals surface area (Å²) in [7, 11) is 1.44. The van der Waals surface area contributed by atoms with Crippen molar-refractivity contribution in [1.82, 2.24) is 0 Å². The maximum atomic E-state index is 11.9. The van der Waals surface area contributed by atoms with Gasteiger partial charge in [0.25, 0.3) is 0 Å². The van der Waals surface area contributed by atoms with Gasteiger partial charge >= 0.3 is 11.9 Å². The van der Waals surface area contributed by atoms with Gasteiger partial charge in [-0.3, -0.25) is 4.79 Å². The average molecular weight is 413 g/mol. The Bertz CT molecular complexity index is 674. The van der Waals surface area contributed by atoms with Crippen LogP contribution in [0.15, 0.2) is 66.8 Å². The number of ether oxygens (including phenoxy) is 2. The van der Waals surface area contributed by atoms with Crippen LogP contribution in [-0.2, 0) is 14.3 Å². The van der Waals surface area contributed by atoms with Gasteiger partial charge in [0.1, 0.15) is 6.10 Å². The first-order valence-corrected chi connectivity index (χ1v) is 10.9. The van der Waals surface area contributed by atoms with E-state index in [1.54, 1.807) is 12.1 Å². The maximum Gasteiger partial charge on any atom is 0.338 e. The second-order valence-corrected chi connectivity index (χ2v) is 7.20. The molecule has 30 heavy (non-hydrogen) atoms. The van der Waals surface area contributed by atoms with Crippen LogP contribution in [0.25, 0.3) is 0 Å². The van der Waals surface area contributed by atoms with Crippen LogP contribution < -0.4 is 0 Å². The molecule has 0 aromatic heterocycles. The van der Waals surface area contributed by atoms with Crippen LogP contribution in [0.3, 0.4) is 0 Å². The van der Waals surface area contributed by atoms with Gasteiger partial charge in [-0.15, -0.1) is 0 Å². The highest BCUT2D eigenvalue weighted by atomic mass is 16.5. The summed E-state index contributed by atoms with van der Waals surface area (Å²) in [5.74, 6) is -0.405. The molecule has 0 bridgehead atoms. The third-order valence-electron chi connectivity index (χ3n) is 4.57. The minimum absolute atomic E-state index is 0.109. The molecule has 1 aromatic carbocycles. The molecule has 1 rings (SSSR count). The van der Waals surface area contributed by atoms with Gasteiger partial charge in [-0.2, -0.15) is 0 Å². The summed E-state index contributed by atoms with van der Waals surface area (Å²) in [6.07, 6.45) is 21.4. The Hall–Kier alpha value is -2.62. The Labute approximate surface area is 181 Å². The van der Waals surface area contributed by atoms with E-state index in [1.165, 1.54) is 26.4 Å². The predicted octanol–water partition coefficient (Wildman–Crippen LogP) is 6.58. The number of benzene rings is 1. The summed E-state index contributed by atoms with van der Waals surface area (Å²) in [6.45, 7) is 1.86. The molecule has 0 saturated heterocycles. The van der Waals surface area contributed by atoms with Crippen molar-refractivity contribution < 1.29 is 19.1 Å². The fourth-order valence-electron chi connectivity index (χ4n) is 2.85. The van der Waals surface area contributed by atoms with E-state index < -0.39 is 0 Å². The highest BCUT2D eigenvalue weighted by Gasteiger charge is 2.08. The standard InChI is InChI=1S/C26H36O4/c1-23(30-26(28)24-20-16-14-17-21-24)19-15-12-10-8-6-4-3-5-7-9-11-13-18-22-25(27)29-2/h3-4,8,10,14-17,19-21,23H,5-7,9,11-13,18,22H2,1-2H3/b4-3-,10-8-,19-15-. The van der Waals surface area contributed by atoms with Crippen LogP contribution in [0.5, 0.6) is 0 Å². The smallest absolute Gasteiger partial charge is 0.338 e. The van der Waals surface area contributed by atoms with Crippen molar-refractivity contribution in [3.05, 3.63) is 72.4 Å². The van der Waals surface area contributed by atoms with E-state index in [0.29, 0.717) is 12.0 Å². The fourth-order valence-corrected chi connectivity index (χ4v) is 2.85. The van der Waals surface area contributed by atoms with Crippen molar-refractivity contribution in [2.45, 2.75) is 70.8 Å². The Kier molecular flexibility index (Phi) is 14.6. The molecule has 0 spiro atoms. The topological polar surface area (TPSA) is 52.6 Å². The van der Waals surface area contributed by atoms with E-state index in [-0.39, 0.29) is 18.0 Å². The Morgan fingerprint density at radius 1 is 0.867 bits per heavy atom. The quantitative estimate of drug-likeness (QED) is 0.185. The lowest BCUT2D eigenvalue weighted by atomic mass is 10.1. The molecular formula is C26H36O4. The summed E-state index contributed by atoms with van der Waals surface area (Å²) in [4.78, 5) is 22.9. The van der Waals surface area contributed by atoms with Crippen molar-refractivity contribution in [2.75, 3.05) is 7.11 Å². The van der Waals surface area contributed by atoms with Gasteiger partial charge in [0, 0.05) is 6.42 Å². The van der Waals surface area contributed by atoms with Gasteiger partial charge in [0.2, 0.25) is 0 Å². The lowest BCUT2D eigenvalue weighted by molar-refractivity contribution is -0.140. The van der Waals surface area contributed by atoms with Crippen LogP contribution in [-0.4, -0.2) is 25.2 Å². The van der Waals surface area contributed by atoms with E-state index in [0.717, 1.165) is 32.1 Å². The Balaban J connectivity index is 2.00. The summed E-state index contributed by atoms with van der Waals surface area (Å²) < 4.78 is 10.0. The van der Waals surface area contributed by atoms with Crippen LogP contribution in [0.4, 0.5) is 0 Å². The van der Waals surface area contributed by atoms with Crippen LogP contribution in [0, 0.1) is 0 Å². The van der Waals surface area contributed by atoms with Crippen molar-refractivity contribution in [3.63, 3.8) is 0 Å². The summed E-state index contributed by atoms with van der Waals surface area (Å²) in [6, 6.07) is 9.03. The molecular weight excluding hydrogens is 376 g/mol. The molecule has 0 aliphatic carbocycles. The summed E-state index contributed by atoms with van der Waals surface area (Å²) in [5.41, 5.74) is 0.572.